The van der Waals surface area contributed by atoms with E-state index in [-0.39, 0.29) is 10.5 Å². The highest BCUT2D eigenvalue weighted by molar-refractivity contribution is 7.96. The van der Waals surface area contributed by atoms with E-state index in [4.69, 9.17) is 9.47 Å². The van der Waals surface area contributed by atoms with Crippen molar-refractivity contribution in [3.05, 3.63) is 23.8 Å². The van der Waals surface area contributed by atoms with Gasteiger partial charge < -0.3 is 18.9 Å². The van der Waals surface area contributed by atoms with E-state index < -0.39 is 11.2 Å². The predicted molar refractivity (Wildman–Crippen MR) is 129 cm³/mol. The second kappa shape index (κ2) is 15.7. The summed E-state index contributed by atoms with van der Waals surface area (Å²) in [6.07, 6.45) is 8.32. The van der Waals surface area contributed by atoms with Crippen molar-refractivity contribution in [1.29, 1.82) is 0 Å². The van der Waals surface area contributed by atoms with E-state index in [0.29, 0.717) is 6.79 Å². The smallest absolute Gasteiger partial charge is 0.278 e. The van der Waals surface area contributed by atoms with Crippen LogP contribution in [0.1, 0.15) is 71.8 Å². The molecular weight excluding hydrogens is 418 g/mol. The van der Waals surface area contributed by atoms with E-state index in [0.717, 1.165) is 43.2 Å². The van der Waals surface area contributed by atoms with Crippen LogP contribution in [0.4, 0.5) is 4.79 Å². The molecule has 0 fully saturated rings. The van der Waals surface area contributed by atoms with Crippen LogP contribution < -0.4 is 9.47 Å². The summed E-state index contributed by atoms with van der Waals surface area (Å²) in [5.41, 5.74) is 1.17. The van der Waals surface area contributed by atoms with E-state index in [1.165, 1.54) is 37.7 Å². The molecule has 0 N–H and O–H groups in total. The zero-order chi connectivity index (χ0) is 22.4. The molecule has 172 valence electrons. The predicted octanol–water partition coefficient (Wildman–Crippen LogP) is 5.83. The Labute approximate surface area is 191 Å². The van der Waals surface area contributed by atoms with Crippen molar-refractivity contribution in [2.24, 2.45) is 0 Å². The summed E-state index contributed by atoms with van der Waals surface area (Å²) in [7, 11) is 0. The lowest BCUT2D eigenvalue weighted by molar-refractivity contribution is 0.174. The molecule has 1 heterocycles. The molecule has 1 aliphatic heterocycles. The number of unbranched alkanes of at least 4 members (excludes halogenated alkanes) is 5. The molecule has 0 spiro atoms. The largest absolute Gasteiger partial charge is 0.616 e. The van der Waals surface area contributed by atoms with Crippen molar-refractivity contribution in [3.63, 3.8) is 0 Å². The van der Waals surface area contributed by atoms with Crippen LogP contribution in [0.2, 0.25) is 0 Å². The second-order valence-corrected chi connectivity index (χ2v) is 9.87. The Kier molecular flexibility index (Phi) is 14.1. The highest BCUT2D eigenvalue weighted by Gasteiger charge is 2.19. The SMILES string of the molecule is CCCCCCCC[S+]([O-])C(C)Cc1ccc2c(c1)OCO2.CCN(CC)C(=O)S. The maximum atomic E-state index is 12.3. The topological polar surface area (TPSA) is 61.8 Å². The van der Waals surface area contributed by atoms with Crippen LogP contribution in [0.5, 0.6) is 11.5 Å². The monoisotopic (exact) mass is 457 g/mol. The number of fused-ring (bicyclic) bond motifs is 1. The van der Waals surface area contributed by atoms with Gasteiger partial charge in [-0.3, -0.25) is 4.79 Å². The summed E-state index contributed by atoms with van der Waals surface area (Å²) < 4.78 is 23.0. The van der Waals surface area contributed by atoms with Gasteiger partial charge in [-0.15, -0.1) is 0 Å². The van der Waals surface area contributed by atoms with Crippen LogP contribution in [0.3, 0.4) is 0 Å². The van der Waals surface area contributed by atoms with Gasteiger partial charge in [-0.1, -0.05) is 62.5 Å². The van der Waals surface area contributed by atoms with Crippen LogP contribution in [-0.2, 0) is 17.6 Å². The zero-order valence-electron chi connectivity index (χ0n) is 19.0. The van der Waals surface area contributed by atoms with Crippen molar-refractivity contribution in [3.8, 4) is 11.5 Å². The Balaban J connectivity index is 0.000000479. The lowest BCUT2D eigenvalue weighted by Crippen LogP contribution is -2.24. The lowest BCUT2D eigenvalue weighted by atomic mass is 10.1. The number of ether oxygens (including phenoxy) is 2. The van der Waals surface area contributed by atoms with E-state index in [2.05, 4.69) is 26.5 Å². The number of hydrogen-bond acceptors (Lipinski definition) is 4. The molecule has 0 radical (unpaired) electrons. The minimum Gasteiger partial charge on any atom is -0.616 e. The fourth-order valence-electron chi connectivity index (χ4n) is 3.21. The second-order valence-electron chi connectivity index (χ2n) is 7.51. The van der Waals surface area contributed by atoms with Gasteiger partial charge in [0.1, 0.15) is 11.0 Å². The fourth-order valence-corrected chi connectivity index (χ4v) is 4.76. The van der Waals surface area contributed by atoms with Crippen LogP contribution in [0, 0.1) is 0 Å². The molecule has 2 atom stereocenters. The first-order chi connectivity index (χ1) is 14.4. The van der Waals surface area contributed by atoms with Gasteiger partial charge in [-0.2, -0.15) is 0 Å². The van der Waals surface area contributed by atoms with Crippen molar-refractivity contribution in [1.82, 2.24) is 4.90 Å². The number of carbonyl (C=O) groups excluding carboxylic acids is 1. The van der Waals surface area contributed by atoms with Gasteiger partial charge in [-0.05, 0) is 51.3 Å². The van der Waals surface area contributed by atoms with Gasteiger partial charge in [-0.25, -0.2) is 0 Å². The van der Waals surface area contributed by atoms with E-state index in [1.807, 2.05) is 32.0 Å². The first-order valence-corrected chi connectivity index (χ1v) is 13.0. The number of hydrogen-bond donors (Lipinski definition) is 1. The van der Waals surface area contributed by atoms with Gasteiger partial charge >= 0.3 is 0 Å². The Bertz CT molecular complexity index is 611. The normalized spacial score (nSPS) is 13.9. The number of carbonyl (C=O) groups is 1. The fraction of sp³-hybridized carbons (Fsp3) is 0.696. The summed E-state index contributed by atoms with van der Waals surface area (Å²) in [4.78, 5) is 12.0. The average Bonchev–Trinajstić information content (AvgIpc) is 3.19. The Hall–Kier alpha value is -1.05. The molecule has 0 saturated heterocycles. The third-order valence-electron chi connectivity index (χ3n) is 5.14. The molecule has 1 aromatic carbocycles. The molecule has 0 aliphatic carbocycles. The Morgan fingerprint density at radius 2 is 1.73 bits per heavy atom. The third-order valence-corrected chi connectivity index (χ3v) is 7.18. The third kappa shape index (κ3) is 10.3. The summed E-state index contributed by atoms with van der Waals surface area (Å²) in [5.74, 6) is 2.45. The van der Waals surface area contributed by atoms with Crippen LogP contribution in [0.25, 0.3) is 0 Å². The highest BCUT2D eigenvalue weighted by atomic mass is 32.2. The molecule has 2 rings (SSSR count). The van der Waals surface area contributed by atoms with E-state index in [1.54, 1.807) is 4.90 Å². The summed E-state index contributed by atoms with van der Waals surface area (Å²) in [5, 5.41) is 0.0472. The summed E-state index contributed by atoms with van der Waals surface area (Å²) in [6.45, 7) is 9.97. The van der Waals surface area contributed by atoms with E-state index in [9.17, 15) is 9.35 Å². The van der Waals surface area contributed by atoms with Gasteiger partial charge in [0, 0.05) is 19.5 Å². The molecule has 7 heteroatoms. The molecule has 0 aromatic heterocycles. The van der Waals surface area contributed by atoms with Crippen LogP contribution in [0.15, 0.2) is 18.2 Å². The molecule has 2 unspecified atom stereocenters. The number of rotatable bonds is 12. The van der Waals surface area contributed by atoms with Crippen molar-refractivity contribution in [2.75, 3.05) is 25.6 Å². The van der Waals surface area contributed by atoms with Crippen LogP contribution in [-0.4, -0.2) is 45.6 Å². The Morgan fingerprint density at radius 3 is 2.33 bits per heavy atom. The molecule has 1 aromatic rings. The molecular formula is C23H39NO4S2. The highest BCUT2D eigenvalue weighted by Crippen LogP contribution is 2.33. The van der Waals surface area contributed by atoms with Crippen molar-refractivity contribution < 1.29 is 18.8 Å². The van der Waals surface area contributed by atoms with Crippen LogP contribution >= 0.6 is 12.6 Å². The minimum absolute atomic E-state index is 0.144. The number of benzene rings is 1. The maximum Gasteiger partial charge on any atom is 0.278 e. The van der Waals surface area contributed by atoms with Gasteiger partial charge in [0.25, 0.3) is 5.24 Å². The number of thiol groups is 1. The average molecular weight is 458 g/mol. The van der Waals surface area contributed by atoms with Crippen molar-refractivity contribution >= 4 is 29.0 Å². The summed E-state index contributed by atoms with van der Waals surface area (Å²) in [6, 6.07) is 6.01. The first-order valence-electron chi connectivity index (χ1n) is 11.2. The zero-order valence-corrected chi connectivity index (χ0v) is 20.7. The van der Waals surface area contributed by atoms with Gasteiger partial charge in [0.05, 0.1) is 0 Å². The molecule has 0 saturated carbocycles. The maximum absolute atomic E-state index is 12.3. The number of nitrogens with zero attached hydrogens (tertiary/aromatic N) is 1. The Morgan fingerprint density at radius 1 is 1.10 bits per heavy atom. The minimum atomic E-state index is -0.743. The lowest BCUT2D eigenvalue weighted by Gasteiger charge is -2.18. The van der Waals surface area contributed by atoms with E-state index >= 15 is 0 Å². The number of amides is 1. The standard InChI is InChI=1S/C18H28O3S.C5H11NOS/c1-3-4-5-6-7-8-11-22(19)15(2)12-16-9-10-17-18(13-16)21-14-20-17;1-3-6(4-2)5(7)8/h9-10,13,15H,3-8,11-12,14H2,1-2H3;3-4H2,1-2H3,(H,7,8). The van der Waals surface area contributed by atoms with Gasteiger partial charge in [0.2, 0.25) is 6.79 Å². The molecule has 5 nitrogen and oxygen atoms in total. The summed E-state index contributed by atoms with van der Waals surface area (Å²) >= 11 is 2.90. The molecule has 30 heavy (non-hydrogen) atoms. The first kappa shape index (κ1) is 27.0. The molecule has 1 aliphatic rings. The quantitative estimate of drug-likeness (QED) is 0.243. The van der Waals surface area contributed by atoms with Crippen molar-refractivity contribution in [2.45, 2.75) is 77.9 Å². The van der Waals surface area contributed by atoms with Gasteiger partial charge in [0.15, 0.2) is 11.5 Å². The molecule has 0 bridgehead atoms. The molecule has 1 amide bonds.